The molecule has 0 saturated carbocycles. The SMILES string of the molecule is C#CCNC(=O)C1=C[C@H](c2ccc(F)cc2)[C@@H](CCCO)[C@H](OCC)O1. The van der Waals surface area contributed by atoms with Crippen molar-refractivity contribution in [2.45, 2.75) is 32.0 Å². The van der Waals surface area contributed by atoms with E-state index in [0.717, 1.165) is 5.56 Å². The maximum atomic E-state index is 13.3. The zero-order chi connectivity index (χ0) is 18.9. The van der Waals surface area contributed by atoms with Gasteiger partial charge in [0.25, 0.3) is 5.91 Å². The standard InChI is InChI=1S/C20H24FNO4/c1-3-11-22-19(24)18-13-17(14-7-9-15(21)10-8-14)16(6-5-12-23)20(26-18)25-4-2/h1,7-10,13,16-17,20,23H,4-6,11-12H2,2H3,(H,22,24)/t16-,17-,20-/m1/s1. The fourth-order valence-electron chi connectivity index (χ4n) is 3.05. The smallest absolute Gasteiger partial charge is 0.286 e. The van der Waals surface area contributed by atoms with E-state index in [1.807, 2.05) is 6.92 Å². The molecule has 26 heavy (non-hydrogen) atoms. The first-order chi connectivity index (χ1) is 12.6. The molecular formula is C20H24FNO4. The van der Waals surface area contributed by atoms with E-state index < -0.39 is 12.2 Å². The minimum Gasteiger partial charge on any atom is -0.459 e. The quantitative estimate of drug-likeness (QED) is 0.698. The van der Waals surface area contributed by atoms with Gasteiger partial charge in [-0.3, -0.25) is 4.79 Å². The Labute approximate surface area is 153 Å². The van der Waals surface area contributed by atoms with Gasteiger partial charge in [-0.25, -0.2) is 4.39 Å². The van der Waals surface area contributed by atoms with E-state index >= 15 is 0 Å². The summed E-state index contributed by atoms with van der Waals surface area (Å²) in [5, 5.41) is 11.8. The number of aliphatic hydroxyl groups is 1. The summed E-state index contributed by atoms with van der Waals surface area (Å²) in [6.07, 6.45) is 7.47. The van der Waals surface area contributed by atoms with Crippen LogP contribution < -0.4 is 5.32 Å². The zero-order valence-electron chi connectivity index (χ0n) is 14.8. The summed E-state index contributed by atoms with van der Waals surface area (Å²) in [4.78, 5) is 12.3. The average molecular weight is 361 g/mol. The summed E-state index contributed by atoms with van der Waals surface area (Å²) in [6.45, 7) is 2.39. The minimum atomic E-state index is -0.641. The Hall–Kier alpha value is -2.36. The number of amides is 1. The average Bonchev–Trinajstić information content (AvgIpc) is 2.65. The largest absolute Gasteiger partial charge is 0.459 e. The molecule has 140 valence electrons. The molecule has 0 unspecified atom stereocenters. The molecule has 3 atom stereocenters. The molecule has 2 rings (SSSR count). The second kappa shape index (κ2) is 9.95. The lowest BCUT2D eigenvalue weighted by Crippen LogP contribution is -2.39. The number of halogens is 1. The van der Waals surface area contributed by atoms with Gasteiger partial charge >= 0.3 is 0 Å². The highest BCUT2D eigenvalue weighted by Crippen LogP contribution is 2.39. The Bertz CT molecular complexity index is 665. The predicted octanol–water partition coefficient (Wildman–Crippen LogP) is 2.32. The number of rotatable bonds is 8. The topological polar surface area (TPSA) is 67.8 Å². The van der Waals surface area contributed by atoms with Gasteiger partial charge in [0, 0.05) is 25.0 Å². The van der Waals surface area contributed by atoms with E-state index in [1.54, 1.807) is 18.2 Å². The van der Waals surface area contributed by atoms with Gasteiger partial charge in [0.15, 0.2) is 5.76 Å². The van der Waals surface area contributed by atoms with Gasteiger partial charge in [-0.05, 0) is 43.5 Å². The van der Waals surface area contributed by atoms with Crippen LogP contribution in [0.15, 0.2) is 36.1 Å². The van der Waals surface area contributed by atoms with E-state index in [1.165, 1.54) is 12.1 Å². The van der Waals surface area contributed by atoms with E-state index in [-0.39, 0.29) is 36.6 Å². The zero-order valence-corrected chi connectivity index (χ0v) is 14.8. The van der Waals surface area contributed by atoms with Gasteiger partial charge in [-0.2, -0.15) is 0 Å². The Morgan fingerprint density at radius 2 is 2.15 bits per heavy atom. The Balaban J connectivity index is 2.37. The van der Waals surface area contributed by atoms with Crippen molar-refractivity contribution in [2.75, 3.05) is 19.8 Å². The molecule has 0 aromatic heterocycles. The number of aliphatic hydroxyl groups excluding tert-OH is 1. The van der Waals surface area contributed by atoms with Crippen LogP contribution in [0.5, 0.6) is 0 Å². The van der Waals surface area contributed by atoms with Crippen LogP contribution in [0.2, 0.25) is 0 Å². The van der Waals surface area contributed by atoms with Crippen LogP contribution in [0.1, 0.15) is 31.2 Å². The van der Waals surface area contributed by atoms with Gasteiger partial charge in [0.2, 0.25) is 6.29 Å². The van der Waals surface area contributed by atoms with Crippen molar-refractivity contribution in [3.8, 4) is 12.3 Å². The van der Waals surface area contributed by atoms with Gasteiger partial charge < -0.3 is 19.9 Å². The molecule has 6 heteroatoms. The molecule has 1 amide bonds. The van der Waals surface area contributed by atoms with Crippen molar-refractivity contribution >= 4 is 5.91 Å². The number of allylic oxidation sites excluding steroid dienone is 1. The van der Waals surface area contributed by atoms with Crippen LogP contribution in [0.3, 0.4) is 0 Å². The first kappa shape index (κ1) is 20.0. The lowest BCUT2D eigenvalue weighted by Gasteiger charge is -2.37. The van der Waals surface area contributed by atoms with E-state index in [2.05, 4.69) is 11.2 Å². The first-order valence-electron chi connectivity index (χ1n) is 8.68. The van der Waals surface area contributed by atoms with E-state index in [0.29, 0.717) is 19.4 Å². The molecule has 1 heterocycles. The molecule has 5 nitrogen and oxygen atoms in total. The molecule has 0 bridgehead atoms. The summed E-state index contributed by atoms with van der Waals surface area (Å²) in [5.41, 5.74) is 0.851. The molecule has 0 fully saturated rings. The molecule has 1 aliphatic heterocycles. The molecule has 1 aromatic carbocycles. The number of benzene rings is 1. The van der Waals surface area contributed by atoms with Crippen LogP contribution >= 0.6 is 0 Å². The molecule has 0 aliphatic carbocycles. The predicted molar refractivity (Wildman–Crippen MR) is 95.4 cm³/mol. The Kier molecular flexibility index (Phi) is 7.64. The maximum absolute atomic E-state index is 13.3. The summed E-state index contributed by atoms with van der Waals surface area (Å²) in [5.74, 6) is 1.41. The number of carbonyl (C=O) groups is 1. The number of nitrogens with one attached hydrogen (secondary N) is 1. The van der Waals surface area contributed by atoms with Crippen molar-refractivity contribution in [1.82, 2.24) is 5.32 Å². The van der Waals surface area contributed by atoms with Crippen LogP contribution in [0.4, 0.5) is 4.39 Å². The number of hydrogen-bond donors (Lipinski definition) is 2. The van der Waals surface area contributed by atoms with Crippen molar-refractivity contribution < 1.29 is 23.8 Å². The fourth-order valence-corrected chi connectivity index (χ4v) is 3.05. The van der Waals surface area contributed by atoms with Crippen molar-refractivity contribution in [1.29, 1.82) is 0 Å². The lowest BCUT2D eigenvalue weighted by molar-refractivity contribution is -0.166. The van der Waals surface area contributed by atoms with Crippen molar-refractivity contribution in [3.05, 3.63) is 47.5 Å². The molecule has 1 aromatic rings. The van der Waals surface area contributed by atoms with Gasteiger partial charge in [0.1, 0.15) is 5.82 Å². The summed E-state index contributed by atoms with van der Waals surface area (Å²) >= 11 is 0. The van der Waals surface area contributed by atoms with Crippen LogP contribution in [0, 0.1) is 24.1 Å². The van der Waals surface area contributed by atoms with E-state index in [4.69, 9.17) is 15.9 Å². The Morgan fingerprint density at radius 1 is 1.42 bits per heavy atom. The normalized spacial score (nSPS) is 22.1. The number of ether oxygens (including phenoxy) is 2. The summed E-state index contributed by atoms with van der Waals surface area (Å²) in [7, 11) is 0. The Morgan fingerprint density at radius 3 is 2.77 bits per heavy atom. The highest BCUT2D eigenvalue weighted by Gasteiger charge is 2.37. The fraction of sp³-hybridized carbons (Fsp3) is 0.450. The lowest BCUT2D eigenvalue weighted by atomic mass is 9.80. The van der Waals surface area contributed by atoms with Gasteiger partial charge in [0.05, 0.1) is 6.54 Å². The first-order valence-corrected chi connectivity index (χ1v) is 8.68. The molecule has 0 spiro atoms. The second-order valence-corrected chi connectivity index (χ2v) is 5.97. The maximum Gasteiger partial charge on any atom is 0.286 e. The minimum absolute atomic E-state index is 0.0463. The molecule has 0 radical (unpaired) electrons. The number of hydrogen-bond acceptors (Lipinski definition) is 4. The monoisotopic (exact) mass is 361 g/mol. The second-order valence-electron chi connectivity index (χ2n) is 5.97. The van der Waals surface area contributed by atoms with Crippen LogP contribution in [-0.2, 0) is 14.3 Å². The van der Waals surface area contributed by atoms with Crippen LogP contribution in [-0.4, -0.2) is 37.1 Å². The molecule has 0 saturated heterocycles. The van der Waals surface area contributed by atoms with Crippen molar-refractivity contribution in [2.24, 2.45) is 5.92 Å². The van der Waals surface area contributed by atoms with Crippen LogP contribution in [0.25, 0.3) is 0 Å². The third-order valence-electron chi connectivity index (χ3n) is 4.24. The highest BCUT2D eigenvalue weighted by molar-refractivity contribution is 5.91. The van der Waals surface area contributed by atoms with Gasteiger partial charge in [-0.15, -0.1) is 6.42 Å². The third kappa shape index (κ3) is 5.07. The third-order valence-corrected chi connectivity index (χ3v) is 4.24. The number of carbonyl (C=O) groups excluding carboxylic acids is 1. The molecular weight excluding hydrogens is 337 g/mol. The van der Waals surface area contributed by atoms with Gasteiger partial charge in [-0.1, -0.05) is 18.1 Å². The number of terminal acetylenes is 1. The van der Waals surface area contributed by atoms with E-state index in [9.17, 15) is 14.3 Å². The molecule has 2 N–H and O–H groups in total. The highest BCUT2D eigenvalue weighted by atomic mass is 19.1. The summed E-state index contributed by atoms with van der Waals surface area (Å²) < 4.78 is 24.8. The molecule has 1 aliphatic rings. The van der Waals surface area contributed by atoms with Crippen molar-refractivity contribution in [3.63, 3.8) is 0 Å². The summed E-state index contributed by atoms with van der Waals surface area (Å²) in [6, 6.07) is 6.15.